The number of thiazole rings is 1. The van der Waals surface area contributed by atoms with Crippen LogP contribution in [0.15, 0.2) is 6.20 Å². The SMILES string of the molecule is C#CCC1(O)CCN(C(=O)Nc2nc3c(OC)ncc(N4CCOCC4)c3s2)CC1. The Hall–Kier alpha value is -2.61. The summed E-state index contributed by atoms with van der Waals surface area (Å²) in [6, 6.07) is -0.239. The number of hydrogen-bond donors (Lipinski definition) is 2. The van der Waals surface area contributed by atoms with Crippen LogP contribution in [0.5, 0.6) is 5.88 Å². The first-order valence-corrected chi connectivity index (χ1v) is 10.7. The first kappa shape index (κ1) is 20.7. The molecule has 30 heavy (non-hydrogen) atoms. The van der Waals surface area contributed by atoms with Crippen LogP contribution >= 0.6 is 11.3 Å². The molecule has 10 heteroatoms. The van der Waals surface area contributed by atoms with Crippen LogP contribution in [0.4, 0.5) is 15.6 Å². The lowest BCUT2D eigenvalue weighted by molar-refractivity contribution is -0.00643. The molecule has 2 N–H and O–H groups in total. The van der Waals surface area contributed by atoms with Crippen molar-refractivity contribution >= 4 is 38.4 Å². The van der Waals surface area contributed by atoms with Crippen LogP contribution in [0.25, 0.3) is 10.2 Å². The Morgan fingerprint density at radius 1 is 1.40 bits per heavy atom. The van der Waals surface area contributed by atoms with Crippen molar-refractivity contribution in [1.29, 1.82) is 0 Å². The van der Waals surface area contributed by atoms with Gasteiger partial charge in [-0.05, 0) is 12.8 Å². The van der Waals surface area contributed by atoms with Gasteiger partial charge in [-0.25, -0.2) is 14.8 Å². The van der Waals surface area contributed by atoms with Crippen LogP contribution in [-0.4, -0.2) is 78.1 Å². The first-order valence-electron chi connectivity index (χ1n) is 9.91. The second-order valence-corrected chi connectivity index (χ2v) is 8.47. The molecule has 160 valence electrons. The van der Waals surface area contributed by atoms with E-state index in [1.165, 1.54) is 11.3 Å². The van der Waals surface area contributed by atoms with Gasteiger partial charge in [0, 0.05) is 32.6 Å². The van der Waals surface area contributed by atoms with E-state index in [9.17, 15) is 9.90 Å². The molecule has 2 amide bonds. The smallest absolute Gasteiger partial charge is 0.323 e. The van der Waals surface area contributed by atoms with Crippen LogP contribution < -0.4 is 15.0 Å². The lowest BCUT2D eigenvalue weighted by Crippen LogP contribution is -2.47. The number of morpholine rings is 1. The van der Waals surface area contributed by atoms with Gasteiger partial charge in [-0.2, -0.15) is 0 Å². The van der Waals surface area contributed by atoms with Crippen LogP contribution in [0.1, 0.15) is 19.3 Å². The highest BCUT2D eigenvalue weighted by atomic mass is 32.1. The number of likely N-dealkylation sites (tertiary alicyclic amines) is 1. The van der Waals surface area contributed by atoms with Gasteiger partial charge in [0.1, 0.15) is 5.52 Å². The summed E-state index contributed by atoms with van der Waals surface area (Å²) in [5.41, 5.74) is 0.710. The molecule has 4 rings (SSSR count). The number of nitrogens with one attached hydrogen (secondary N) is 1. The van der Waals surface area contributed by atoms with Gasteiger partial charge in [-0.3, -0.25) is 5.32 Å². The molecule has 0 radical (unpaired) electrons. The summed E-state index contributed by atoms with van der Waals surface area (Å²) in [6.45, 7) is 3.76. The molecular formula is C20H25N5O4S. The standard InChI is InChI=1S/C20H25N5O4S/c1-3-4-20(27)5-7-25(8-6-20)19(26)23-18-22-15-16(30-18)14(13-21-17(15)28-2)24-9-11-29-12-10-24/h1,13,27H,4-12H2,2H3,(H,22,23,26). The van der Waals surface area contributed by atoms with Crippen LogP contribution in [0.3, 0.4) is 0 Å². The van der Waals surface area contributed by atoms with Crippen molar-refractivity contribution in [2.45, 2.75) is 24.9 Å². The molecule has 0 atom stereocenters. The molecule has 0 unspecified atom stereocenters. The molecule has 2 saturated heterocycles. The number of pyridine rings is 1. The Labute approximate surface area is 179 Å². The van der Waals surface area contributed by atoms with E-state index in [1.54, 1.807) is 18.2 Å². The Morgan fingerprint density at radius 2 is 2.13 bits per heavy atom. The molecule has 2 aromatic rings. The van der Waals surface area contributed by atoms with E-state index in [0.29, 0.717) is 62.1 Å². The summed E-state index contributed by atoms with van der Waals surface area (Å²) >= 11 is 1.40. The quantitative estimate of drug-likeness (QED) is 0.714. The molecule has 0 aromatic carbocycles. The third-order valence-electron chi connectivity index (χ3n) is 5.54. The average Bonchev–Trinajstić information content (AvgIpc) is 3.17. The lowest BCUT2D eigenvalue weighted by atomic mass is 9.89. The monoisotopic (exact) mass is 431 g/mol. The van der Waals surface area contributed by atoms with E-state index in [2.05, 4.69) is 26.1 Å². The molecule has 9 nitrogen and oxygen atoms in total. The van der Waals surface area contributed by atoms with E-state index in [4.69, 9.17) is 15.9 Å². The number of fused-ring (bicyclic) bond motifs is 1. The molecule has 0 saturated carbocycles. The second kappa shape index (κ2) is 8.63. The zero-order chi connectivity index (χ0) is 21.1. The molecule has 2 aliphatic heterocycles. The van der Waals surface area contributed by atoms with Gasteiger partial charge in [0.25, 0.3) is 0 Å². The predicted molar refractivity (Wildman–Crippen MR) is 115 cm³/mol. The third kappa shape index (κ3) is 4.14. The van der Waals surface area contributed by atoms with Gasteiger partial charge in [-0.1, -0.05) is 11.3 Å². The predicted octanol–water partition coefficient (Wildman–Crippen LogP) is 1.92. The highest BCUT2D eigenvalue weighted by Gasteiger charge is 2.33. The van der Waals surface area contributed by atoms with Gasteiger partial charge in [-0.15, -0.1) is 12.3 Å². The van der Waals surface area contributed by atoms with Crippen molar-refractivity contribution in [3.05, 3.63) is 6.20 Å². The van der Waals surface area contributed by atoms with Crippen molar-refractivity contribution in [2.75, 3.05) is 56.7 Å². The fraction of sp³-hybridized carbons (Fsp3) is 0.550. The van der Waals surface area contributed by atoms with Gasteiger partial charge in [0.2, 0.25) is 5.88 Å². The number of ether oxygens (including phenoxy) is 2. The molecule has 0 spiro atoms. The maximum absolute atomic E-state index is 12.7. The van der Waals surface area contributed by atoms with Gasteiger partial charge >= 0.3 is 6.03 Å². The molecular weight excluding hydrogens is 406 g/mol. The molecule has 2 fully saturated rings. The largest absolute Gasteiger partial charge is 0.479 e. The second-order valence-electron chi connectivity index (χ2n) is 7.47. The van der Waals surface area contributed by atoms with Gasteiger partial charge in [0.15, 0.2) is 5.13 Å². The zero-order valence-electron chi connectivity index (χ0n) is 16.9. The number of carbonyl (C=O) groups excluding carboxylic acids is 1. The van der Waals surface area contributed by atoms with Crippen molar-refractivity contribution in [3.8, 4) is 18.2 Å². The molecule has 0 aliphatic carbocycles. The summed E-state index contributed by atoms with van der Waals surface area (Å²) in [5, 5.41) is 13.8. The number of nitrogens with zero attached hydrogens (tertiary/aromatic N) is 4. The van der Waals surface area contributed by atoms with E-state index < -0.39 is 5.60 Å². The number of aliphatic hydroxyl groups is 1. The summed E-state index contributed by atoms with van der Waals surface area (Å²) in [4.78, 5) is 25.6. The highest BCUT2D eigenvalue weighted by Crippen LogP contribution is 2.38. The molecule has 2 aliphatic rings. The Kier molecular flexibility index (Phi) is 5.94. The normalized spacial score (nSPS) is 18.8. The van der Waals surface area contributed by atoms with Crippen LogP contribution in [-0.2, 0) is 4.74 Å². The van der Waals surface area contributed by atoms with E-state index in [-0.39, 0.29) is 6.03 Å². The minimum absolute atomic E-state index is 0.239. The number of urea groups is 1. The number of amides is 2. The molecule has 4 heterocycles. The van der Waals surface area contributed by atoms with E-state index in [1.807, 2.05) is 0 Å². The van der Waals surface area contributed by atoms with Crippen molar-refractivity contribution in [1.82, 2.24) is 14.9 Å². The lowest BCUT2D eigenvalue weighted by Gasteiger charge is -2.36. The molecule has 0 bridgehead atoms. The third-order valence-corrected chi connectivity index (χ3v) is 6.53. The number of methoxy groups -OCH3 is 1. The van der Waals surface area contributed by atoms with Crippen LogP contribution in [0, 0.1) is 12.3 Å². The number of aromatic nitrogens is 2. The number of rotatable bonds is 4. The van der Waals surface area contributed by atoms with Gasteiger partial charge in [0.05, 0.1) is 42.5 Å². The first-order chi connectivity index (χ1) is 14.5. The maximum Gasteiger partial charge on any atom is 0.323 e. The maximum atomic E-state index is 12.7. The molecule has 2 aromatic heterocycles. The zero-order valence-corrected chi connectivity index (χ0v) is 17.7. The topological polar surface area (TPSA) is 100 Å². The number of terminal acetylenes is 1. The van der Waals surface area contributed by atoms with Crippen LogP contribution in [0.2, 0.25) is 0 Å². The number of anilines is 2. The summed E-state index contributed by atoms with van der Waals surface area (Å²) in [5.74, 6) is 2.94. The highest BCUT2D eigenvalue weighted by molar-refractivity contribution is 7.23. The number of piperidine rings is 1. The minimum Gasteiger partial charge on any atom is -0.479 e. The Balaban J connectivity index is 1.52. The number of carbonyl (C=O) groups is 1. The fourth-order valence-electron chi connectivity index (χ4n) is 3.77. The summed E-state index contributed by atoms with van der Waals surface area (Å²) in [6.07, 6.45) is 8.34. The van der Waals surface area contributed by atoms with Crippen molar-refractivity contribution in [2.24, 2.45) is 0 Å². The van der Waals surface area contributed by atoms with E-state index in [0.717, 1.165) is 23.5 Å². The Morgan fingerprint density at radius 3 is 2.80 bits per heavy atom. The average molecular weight is 432 g/mol. The van der Waals surface area contributed by atoms with Gasteiger partial charge < -0.3 is 24.4 Å². The fourth-order valence-corrected chi connectivity index (χ4v) is 4.76. The number of hydrogen-bond acceptors (Lipinski definition) is 8. The Bertz CT molecular complexity index is 958. The van der Waals surface area contributed by atoms with E-state index >= 15 is 0 Å². The summed E-state index contributed by atoms with van der Waals surface area (Å²) in [7, 11) is 1.55. The van der Waals surface area contributed by atoms with Crippen molar-refractivity contribution < 1.29 is 19.4 Å². The van der Waals surface area contributed by atoms with Crippen molar-refractivity contribution in [3.63, 3.8) is 0 Å². The summed E-state index contributed by atoms with van der Waals surface area (Å²) < 4.78 is 11.7. The minimum atomic E-state index is -0.881.